The lowest BCUT2D eigenvalue weighted by Gasteiger charge is -2.33. The molecule has 2 fully saturated rings. The van der Waals surface area contributed by atoms with Crippen molar-refractivity contribution in [1.29, 1.82) is 0 Å². The summed E-state index contributed by atoms with van der Waals surface area (Å²) in [5.41, 5.74) is 3.46. The maximum atomic E-state index is 12.9. The van der Waals surface area contributed by atoms with Crippen LogP contribution in [0.2, 0.25) is 5.02 Å². The van der Waals surface area contributed by atoms with Gasteiger partial charge in [0.25, 0.3) is 11.4 Å². The van der Waals surface area contributed by atoms with Crippen molar-refractivity contribution < 1.29 is 26.7 Å². The molecule has 312 valence electrons. The number of nitrogens with zero attached hydrogens (tertiary/aromatic N) is 8. The number of sulfonamides is 2. The second-order valence-corrected chi connectivity index (χ2v) is 20.2. The fraction of sp³-hybridized carbons (Fsp3) is 0.211. The van der Waals surface area contributed by atoms with E-state index in [1.807, 2.05) is 59.3 Å². The van der Waals surface area contributed by atoms with E-state index < -0.39 is 29.9 Å². The van der Waals surface area contributed by atoms with E-state index in [0.717, 1.165) is 37.3 Å². The Labute approximate surface area is 366 Å². The molecule has 2 aliphatic rings. The number of nitro benzene ring substituents is 2. The summed E-state index contributed by atoms with van der Waals surface area (Å²) in [6.07, 6.45) is 0. The Morgan fingerprint density at radius 2 is 1.00 bits per heavy atom. The molecule has 2 saturated heterocycles. The van der Waals surface area contributed by atoms with Gasteiger partial charge in [-0.15, -0.1) is 22.7 Å². The number of hydrogen-bond donors (Lipinski definition) is 0. The lowest BCUT2D eigenvalue weighted by atomic mass is 10.2. The van der Waals surface area contributed by atoms with E-state index in [0.29, 0.717) is 57.4 Å². The summed E-state index contributed by atoms with van der Waals surface area (Å²) in [5.74, 6) is 0. The fourth-order valence-electron chi connectivity index (χ4n) is 6.37. The largest absolute Gasteiger partial charge is 0.345 e. The van der Waals surface area contributed by atoms with Crippen molar-refractivity contribution in [2.24, 2.45) is 0 Å². The van der Waals surface area contributed by atoms with E-state index in [1.165, 1.54) is 79.8 Å². The van der Waals surface area contributed by atoms with Gasteiger partial charge in [-0.2, -0.15) is 8.61 Å². The molecule has 0 spiro atoms. The van der Waals surface area contributed by atoms with Crippen LogP contribution in [0, 0.1) is 20.2 Å². The molecule has 0 saturated carbocycles. The molecule has 2 aliphatic heterocycles. The number of non-ortho nitro benzene ring substituents is 2. The lowest BCUT2D eigenvalue weighted by molar-refractivity contribution is -0.385. The van der Waals surface area contributed by atoms with E-state index in [9.17, 15) is 37.1 Å². The van der Waals surface area contributed by atoms with Crippen LogP contribution < -0.4 is 9.80 Å². The van der Waals surface area contributed by atoms with E-state index >= 15 is 0 Å². The number of thiazole rings is 2. The highest BCUT2D eigenvalue weighted by atomic mass is 79.9. The number of anilines is 2. The Morgan fingerprint density at radius 3 is 1.40 bits per heavy atom. The molecular weight excluding hydrogens is 940 g/mol. The van der Waals surface area contributed by atoms with Gasteiger partial charge < -0.3 is 9.80 Å². The molecular formula is C38H34BrClN8O8S4. The van der Waals surface area contributed by atoms with Crippen LogP contribution in [0.1, 0.15) is 0 Å². The molecule has 4 aromatic carbocycles. The van der Waals surface area contributed by atoms with E-state index in [-0.39, 0.29) is 21.2 Å². The minimum Gasteiger partial charge on any atom is -0.345 e. The quantitative estimate of drug-likeness (QED) is 0.0954. The summed E-state index contributed by atoms with van der Waals surface area (Å²) < 4.78 is 55.2. The summed E-state index contributed by atoms with van der Waals surface area (Å²) in [7, 11) is -7.39. The first-order chi connectivity index (χ1) is 28.7. The van der Waals surface area contributed by atoms with Gasteiger partial charge in [0.05, 0.1) is 31.0 Å². The molecule has 60 heavy (non-hydrogen) atoms. The molecule has 8 rings (SSSR count). The number of piperazine rings is 2. The van der Waals surface area contributed by atoms with Crippen LogP contribution in [0.4, 0.5) is 21.6 Å². The van der Waals surface area contributed by atoms with Crippen molar-refractivity contribution in [3.8, 4) is 22.5 Å². The molecule has 0 bridgehead atoms. The maximum Gasteiger partial charge on any atom is 0.269 e. The SMILES string of the molecule is O=[N+]([O-])c1ccc(S(=O)(=O)N2CCN(c3nc(-c4ccc(Cl)cc4)cs3)CC2)cc1.O=[N+]([O-])c1ccc(S(=O)(=O)N2CCN(c3nc(-c4cccc(Br)c4)cs3)CC2)cc1. The molecule has 0 atom stereocenters. The number of halogens is 2. The number of aromatic nitrogens is 2. The van der Waals surface area contributed by atoms with Crippen molar-refractivity contribution in [1.82, 2.24) is 18.6 Å². The molecule has 0 amide bonds. The Hall–Kier alpha value is -4.87. The minimum absolute atomic E-state index is 0.0563. The summed E-state index contributed by atoms with van der Waals surface area (Å²) in [5, 5.41) is 27.9. The number of nitro groups is 2. The molecule has 0 unspecified atom stereocenters. The second-order valence-electron chi connectivity index (χ2n) is 13.3. The summed E-state index contributed by atoms with van der Waals surface area (Å²) in [6, 6.07) is 25.3. The Balaban J connectivity index is 0.000000181. The van der Waals surface area contributed by atoms with Crippen molar-refractivity contribution in [3.05, 3.63) is 138 Å². The normalized spacial score (nSPS) is 15.3. The van der Waals surface area contributed by atoms with Gasteiger partial charge in [-0.1, -0.05) is 51.8 Å². The van der Waals surface area contributed by atoms with Gasteiger partial charge >= 0.3 is 0 Å². The van der Waals surface area contributed by atoms with Crippen LogP contribution in [-0.2, 0) is 20.0 Å². The lowest BCUT2D eigenvalue weighted by Crippen LogP contribution is -2.48. The van der Waals surface area contributed by atoms with Crippen molar-refractivity contribution >= 4 is 91.9 Å². The predicted octanol–water partition coefficient (Wildman–Crippen LogP) is 7.87. The standard InChI is InChI=1S/C19H17BrN4O4S2.C19H17ClN4O4S2/c20-15-3-1-2-14(12-15)18-13-29-19(21-18)22-8-10-23(11-9-22)30(27,28)17-6-4-16(5-7-17)24(25)26;20-15-3-1-14(2-4-15)18-13-29-19(21-18)22-9-11-23(12-10-22)30(27,28)17-7-5-16(6-8-17)24(25)26/h1-7,12-13H,8-11H2;1-8,13H,9-12H2. The highest BCUT2D eigenvalue weighted by Gasteiger charge is 2.31. The van der Waals surface area contributed by atoms with Crippen molar-refractivity contribution in [2.45, 2.75) is 9.79 Å². The Kier molecular flexibility index (Phi) is 13.3. The average molecular weight is 974 g/mol. The molecule has 22 heteroatoms. The molecule has 4 heterocycles. The average Bonchev–Trinajstić information content (AvgIpc) is 3.96. The van der Waals surface area contributed by atoms with Gasteiger partial charge in [0.2, 0.25) is 20.0 Å². The van der Waals surface area contributed by atoms with Crippen LogP contribution >= 0.6 is 50.2 Å². The van der Waals surface area contributed by atoms with Crippen LogP contribution in [-0.4, -0.2) is 97.6 Å². The van der Waals surface area contributed by atoms with Gasteiger partial charge in [-0.25, -0.2) is 26.8 Å². The van der Waals surface area contributed by atoms with E-state index in [2.05, 4.69) is 30.7 Å². The molecule has 2 aromatic heterocycles. The fourth-order valence-corrected chi connectivity index (χ4v) is 11.5. The van der Waals surface area contributed by atoms with Crippen molar-refractivity contribution in [2.75, 3.05) is 62.2 Å². The zero-order valence-electron chi connectivity index (χ0n) is 31.3. The van der Waals surface area contributed by atoms with Crippen molar-refractivity contribution in [3.63, 3.8) is 0 Å². The zero-order valence-corrected chi connectivity index (χ0v) is 36.9. The van der Waals surface area contributed by atoms with Gasteiger partial charge in [0.15, 0.2) is 10.3 Å². The first-order valence-corrected chi connectivity index (χ1v) is 23.9. The van der Waals surface area contributed by atoms with Gasteiger partial charge in [-0.3, -0.25) is 20.2 Å². The molecule has 0 aliphatic carbocycles. The third kappa shape index (κ3) is 9.84. The number of benzene rings is 4. The maximum absolute atomic E-state index is 12.9. The van der Waals surface area contributed by atoms with Crippen LogP contribution in [0.25, 0.3) is 22.5 Å². The third-order valence-electron chi connectivity index (χ3n) is 9.63. The highest BCUT2D eigenvalue weighted by Crippen LogP contribution is 2.32. The summed E-state index contributed by atoms with van der Waals surface area (Å²) >= 11 is 12.4. The van der Waals surface area contributed by atoms with E-state index in [4.69, 9.17) is 16.6 Å². The molecule has 16 nitrogen and oxygen atoms in total. The molecule has 0 N–H and O–H groups in total. The van der Waals surface area contributed by atoms with E-state index in [1.54, 1.807) is 0 Å². The minimum atomic E-state index is -3.70. The molecule has 6 aromatic rings. The van der Waals surface area contributed by atoms with Gasteiger partial charge in [0.1, 0.15) is 0 Å². The second kappa shape index (κ2) is 18.4. The predicted molar refractivity (Wildman–Crippen MR) is 236 cm³/mol. The van der Waals surface area contributed by atoms with Gasteiger partial charge in [-0.05, 0) is 48.5 Å². The zero-order chi connectivity index (χ0) is 42.6. The molecule has 0 radical (unpaired) electrons. The monoisotopic (exact) mass is 972 g/mol. The number of rotatable bonds is 10. The highest BCUT2D eigenvalue weighted by molar-refractivity contribution is 9.10. The summed E-state index contributed by atoms with van der Waals surface area (Å²) in [4.78, 5) is 34.1. The van der Waals surface area contributed by atoms with Gasteiger partial charge in [0, 0.05) is 108 Å². The topological polar surface area (TPSA) is 193 Å². The summed E-state index contributed by atoms with van der Waals surface area (Å²) in [6.45, 7) is 3.36. The van der Waals surface area contributed by atoms with Crippen LogP contribution in [0.15, 0.2) is 122 Å². The first-order valence-electron chi connectivity index (χ1n) is 18.1. The smallest absolute Gasteiger partial charge is 0.269 e. The Morgan fingerprint density at radius 1 is 0.583 bits per heavy atom. The third-order valence-corrected chi connectivity index (χ3v) is 16.0. The Bertz CT molecular complexity index is 2710. The first kappa shape index (κ1) is 43.2. The van der Waals surface area contributed by atoms with Crippen LogP contribution in [0.5, 0.6) is 0 Å². The number of hydrogen-bond acceptors (Lipinski definition) is 14. The van der Waals surface area contributed by atoms with Crippen LogP contribution in [0.3, 0.4) is 0 Å².